The van der Waals surface area contributed by atoms with Gasteiger partial charge in [-0.25, -0.2) is 13.9 Å². The summed E-state index contributed by atoms with van der Waals surface area (Å²) in [5, 5.41) is 57.5. The fraction of sp³-hybridized carbons (Fsp3) is 0.667. The molecule has 2 fully saturated rings. The van der Waals surface area contributed by atoms with Gasteiger partial charge in [0.1, 0.15) is 30.9 Å². The van der Waals surface area contributed by atoms with E-state index in [1.165, 1.54) is 43.7 Å². The molecule has 2 unspecified atom stereocenters. The van der Waals surface area contributed by atoms with Crippen LogP contribution in [0.15, 0.2) is 90.0 Å². The molecule has 1 aromatic heterocycles. The van der Waals surface area contributed by atoms with Crippen LogP contribution in [0.2, 0.25) is 0 Å². The number of fused-ring (bicyclic) bond motifs is 3. The van der Waals surface area contributed by atoms with E-state index in [0.29, 0.717) is 44.9 Å². The number of nitrogens with zero attached hydrogens (tertiary/aromatic N) is 2. The maximum Gasteiger partial charge on any atom is 0.481 e. The number of anilines is 1. The molecular weight excluding hydrogens is 1040 g/mol. The van der Waals surface area contributed by atoms with Crippen LogP contribution < -0.4 is 11.4 Å². The Kier molecular flexibility index (Phi) is 33.1. The molecule has 9 N–H and O–H groups in total. The molecule has 1 aromatic rings. The molecule has 2 aliphatic heterocycles. The summed E-state index contributed by atoms with van der Waals surface area (Å²) in [6, 6.07) is 1.26. The Balaban J connectivity index is 1.72. The molecule has 3 heterocycles. The van der Waals surface area contributed by atoms with Gasteiger partial charge >= 0.3 is 33.3 Å². The largest absolute Gasteiger partial charge is 0.481 e. The lowest BCUT2D eigenvalue weighted by molar-refractivity contribution is -0.195. The number of aliphatic hydroxyl groups excluding tert-OH is 5. The third-order valence-electron chi connectivity index (χ3n) is 12.9. The maximum atomic E-state index is 13.4. The molecular formula is C54H87N3O18P2. The van der Waals surface area contributed by atoms with Crippen molar-refractivity contribution in [1.82, 2.24) is 9.55 Å². The molecule has 0 radical (unpaired) electrons. The average Bonchev–Trinajstić information content (AvgIpc) is 3.37. The van der Waals surface area contributed by atoms with Crippen molar-refractivity contribution in [3.8, 4) is 0 Å². The number of esters is 2. The van der Waals surface area contributed by atoms with Gasteiger partial charge in [-0.05, 0) is 70.3 Å². The van der Waals surface area contributed by atoms with Gasteiger partial charge in [0.2, 0.25) is 0 Å². The fourth-order valence-corrected chi connectivity index (χ4v) is 10.7. The number of nitrogen functional groups attached to an aromatic ring is 1. The lowest BCUT2D eigenvalue weighted by atomic mass is 9.82. The van der Waals surface area contributed by atoms with Gasteiger partial charge in [0.25, 0.3) is 0 Å². The molecule has 2 aliphatic rings. The minimum Gasteiger partial charge on any atom is -0.462 e. The number of nitrogens with two attached hydrogens (primary N) is 1. The van der Waals surface area contributed by atoms with E-state index in [2.05, 4.69) is 52.7 Å². The quantitative estimate of drug-likeness (QED) is 0.0210. The number of phosphoric acid groups is 2. The number of aromatic nitrogens is 2. The highest BCUT2D eigenvalue weighted by Gasteiger charge is 2.45. The highest BCUT2D eigenvalue weighted by molar-refractivity contribution is 7.61. The van der Waals surface area contributed by atoms with Crippen molar-refractivity contribution in [1.29, 1.82) is 0 Å². The van der Waals surface area contributed by atoms with Crippen molar-refractivity contribution >= 4 is 33.4 Å². The van der Waals surface area contributed by atoms with Crippen molar-refractivity contribution in [2.24, 2.45) is 11.8 Å². The predicted octanol–water partition coefficient (Wildman–Crippen LogP) is 8.05. The predicted molar refractivity (Wildman–Crippen MR) is 290 cm³/mol. The molecule has 2 bridgehead atoms. The number of unbranched alkanes of at least 4 members (excludes halogenated alkanes) is 5. The molecule has 23 heteroatoms. The Hall–Kier alpha value is -3.92. The smallest absolute Gasteiger partial charge is 0.462 e. The number of aliphatic hydroxyl groups is 5. The van der Waals surface area contributed by atoms with Crippen LogP contribution in [0.5, 0.6) is 0 Å². The molecule has 436 valence electrons. The molecule has 2 saturated heterocycles. The monoisotopic (exact) mass is 1130 g/mol. The summed E-state index contributed by atoms with van der Waals surface area (Å²) in [7, 11) is -11.3. The van der Waals surface area contributed by atoms with Crippen LogP contribution in [0.4, 0.5) is 5.82 Å². The van der Waals surface area contributed by atoms with Gasteiger partial charge < -0.3 is 55.3 Å². The number of ether oxygens (including phenoxy) is 3. The van der Waals surface area contributed by atoms with E-state index in [0.717, 1.165) is 43.1 Å². The van der Waals surface area contributed by atoms with Crippen LogP contribution in [0.1, 0.15) is 155 Å². The molecule has 21 nitrogen and oxygen atoms in total. The zero-order valence-corrected chi connectivity index (χ0v) is 46.6. The van der Waals surface area contributed by atoms with Gasteiger partial charge in [-0.3, -0.25) is 23.2 Å². The van der Waals surface area contributed by atoms with Gasteiger partial charge in [-0.1, -0.05) is 138 Å². The molecule has 0 aliphatic carbocycles. The summed E-state index contributed by atoms with van der Waals surface area (Å²) in [6.07, 6.45) is 23.7. The molecule has 12 atom stereocenters. The van der Waals surface area contributed by atoms with Gasteiger partial charge in [-0.15, -0.1) is 0 Å². The Morgan fingerprint density at radius 3 is 2.04 bits per heavy atom. The van der Waals surface area contributed by atoms with Crippen molar-refractivity contribution in [3.05, 3.63) is 95.7 Å². The van der Waals surface area contributed by atoms with Crippen LogP contribution in [0.25, 0.3) is 0 Å². The summed E-state index contributed by atoms with van der Waals surface area (Å²) in [6.45, 7) is 1.45. The minimum absolute atomic E-state index is 0.0395. The number of carbonyl (C=O) groups is 2. The number of cyclic esters (lactones) is 1. The summed E-state index contributed by atoms with van der Waals surface area (Å²) in [4.78, 5) is 64.2. The van der Waals surface area contributed by atoms with Crippen LogP contribution in [-0.4, -0.2) is 119 Å². The highest BCUT2D eigenvalue weighted by Crippen LogP contribution is 2.60. The number of rotatable bonds is 24. The topological polar surface area (TPSA) is 326 Å². The summed E-state index contributed by atoms with van der Waals surface area (Å²) in [5.41, 5.74) is 4.81. The Bertz CT molecular complexity index is 2200. The molecule has 0 spiro atoms. The lowest BCUT2D eigenvalue weighted by Crippen LogP contribution is -2.52. The van der Waals surface area contributed by atoms with Gasteiger partial charge in [0, 0.05) is 37.3 Å². The number of hydrogen-bond acceptors (Lipinski definition) is 18. The van der Waals surface area contributed by atoms with E-state index in [4.69, 9.17) is 29.0 Å². The van der Waals surface area contributed by atoms with E-state index < -0.39 is 120 Å². The van der Waals surface area contributed by atoms with Gasteiger partial charge in [0.05, 0.1) is 37.6 Å². The third-order valence-corrected chi connectivity index (χ3v) is 15.5. The molecule has 0 aromatic carbocycles. The Morgan fingerprint density at radius 2 is 1.40 bits per heavy atom. The SMILES string of the molecule is CCCCC/C=C\C/C=C\C/C=C\C/C=C\C/C=C\CCC(=O)OC[C@@H]1COP(=O)(O)OP(=O)(O)OC[C@H]2O[C@@H](n3ccc(N)nc3=O)[C@@H](CCCCCCC(=O)O1)[C@@H](O)C[C@@H](O)[C@H](/C=C\[C@@H](O)CCCCC)[C@H](O)[C@@H]2O. The lowest BCUT2D eigenvalue weighted by Gasteiger charge is -2.41. The average molecular weight is 1130 g/mol. The van der Waals surface area contributed by atoms with E-state index in [1.807, 2.05) is 31.2 Å². The van der Waals surface area contributed by atoms with Crippen molar-refractivity contribution in [3.63, 3.8) is 0 Å². The first-order valence-electron chi connectivity index (χ1n) is 27.2. The zero-order valence-electron chi connectivity index (χ0n) is 44.8. The second-order valence-electron chi connectivity index (χ2n) is 19.3. The van der Waals surface area contributed by atoms with Gasteiger partial charge in [-0.2, -0.15) is 9.29 Å². The molecule has 0 saturated carbocycles. The number of allylic oxidation sites excluding steroid dienone is 10. The summed E-state index contributed by atoms with van der Waals surface area (Å²) >= 11 is 0. The standard InChI is InChI=1S/C54H87N3O18P2/c1-3-5-7-8-9-10-11-12-13-14-15-16-17-18-19-20-21-22-27-31-49(61)70-38-42-39-71-76(66,67)75-77(68,69)72-40-47-52(64)51(63)43(34-33-41(58)29-25-6-4-2)45(59)37-46(60)44(30-26-23-24-28-32-50(62)73-42)53(74-47)57-36-35-48(55)56-54(57)65/h9-10,12-13,15-16,18-19,21-22,33-36,41-47,51-53,58-60,63-64H,3-8,11,14,17,20,23-32,37-40H2,1-2H3,(H,66,67)(H,68,69)(H2,55,56,65)/b10-9-,13-12-,16-15-,19-18-,22-21-,34-33-/t41-,42+,43-,44-,45+,46-,47+,51-,52+,53+/m0/s1. The minimum atomic E-state index is -5.71. The van der Waals surface area contributed by atoms with Crippen LogP contribution >= 0.6 is 15.6 Å². The number of hydrogen-bond donors (Lipinski definition) is 8. The van der Waals surface area contributed by atoms with E-state index >= 15 is 0 Å². The first-order valence-corrected chi connectivity index (χ1v) is 30.2. The summed E-state index contributed by atoms with van der Waals surface area (Å²) < 4.78 is 59.1. The van der Waals surface area contributed by atoms with Crippen molar-refractivity contribution in [2.75, 3.05) is 25.6 Å². The van der Waals surface area contributed by atoms with E-state index in [1.54, 1.807) is 0 Å². The normalized spacial score (nSPS) is 29.7. The number of carbonyl (C=O) groups excluding carboxylic acids is 2. The first kappa shape index (κ1) is 67.4. The van der Waals surface area contributed by atoms with E-state index in [9.17, 15) is 58.8 Å². The fourth-order valence-electron chi connectivity index (χ4n) is 8.55. The van der Waals surface area contributed by atoms with Crippen LogP contribution in [-0.2, 0) is 46.3 Å². The third kappa shape index (κ3) is 28.2. The second kappa shape index (κ2) is 37.9. The van der Waals surface area contributed by atoms with Crippen LogP contribution in [0, 0.1) is 11.8 Å². The van der Waals surface area contributed by atoms with Crippen molar-refractivity contribution < 1.29 is 81.6 Å². The van der Waals surface area contributed by atoms with Gasteiger partial charge in [0.15, 0.2) is 6.10 Å². The zero-order chi connectivity index (χ0) is 56.5. The van der Waals surface area contributed by atoms with E-state index in [-0.39, 0.29) is 31.5 Å². The highest BCUT2D eigenvalue weighted by atomic mass is 31.3. The first-order chi connectivity index (χ1) is 36.9. The number of phosphoric ester groups is 2. The summed E-state index contributed by atoms with van der Waals surface area (Å²) in [5.74, 6) is -4.10. The molecule has 0 amide bonds. The Labute approximate surface area is 453 Å². The molecule has 3 rings (SSSR count). The Morgan fingerprint density at radius 1 is 0.805 bits per heavy atom. The second-order valence-corrected chi connectivity index (χ2v) is 22.4. The molecule has 77 heavy (non-hydrogen) atoms. The van der Waals surface area contributed by atoms with Crippen molar-refractivity contribution in [2.45, 2.75) is 198 Å². The van der Waals surface area contributed by atoms with Crippen LogP contribution in [0.3, 0.4) is 0 Å². The maximum absolute atomic E-state index is 13.4.